The Bertz CT molecular complexity index is 200. The zero-order valence-electron chi connectivity index (χ0n) is 12.9. The van der Waals surface area contributed by atoms with Gasteiger partial charge in [0.2, 0.25) is 0 Å². The highest BCUT2D eigenvalue weighted by molar-refractivity contribution is 4.65. The maximum atomic E-state index is 9.32. The lowest BCUT2D eigenvalue weighted by Gasteiger charge is -2.46. The van der Waals surface area contributed by atoms with Gasteiger partial charge in [-0.2, -0.15) is 4.65 Å². The number of hydrogen-bond donors (Lipinski definition) is 1. The molecule has 0 aromatic rings. The Balaban J connectivity index is 4.95. The molecule has 0 heterocycles. The summed E-state index contributed by atoms with van der Waals surface area (Å²) in [6.45, 7) is 18.0. The Kier molecular flexibility index (Phi) is 6.12. The van der Waals surface area contributed by atoms with Crippen molar-refractivity contribution < 1.29 is 14.6 Å². The van der Waals surface area contributed by atoms with Gasteiger partial charge in [0, 0.05) is 5.41 Å². The van der Waals surface area contributed by atoms with Crippen LogP contribution in [0.3, 0.4) is 0 Å². The number of aliphatic hydroxyl groups excluding tert-OH is 1. The molecule has 17 heavy (non-hydrogen) atoms. The third kappa shape index (κ3) is 3.94. The largest absolute Gasteiger partial charge is 0.396 e. The second-order valence-electron chi connectivity index (χ2n) is 6.64. The predicted molar refractivity (Wildman–Crippen MR) is 72.5 cm³/mol. The van der Waals surface area contributed by atoms with E-state index in [4.69, 9.17) is 4.84 Å². The highest BCUT2D eigenvalue weighted by Gasteiger charge is 2.42. The Morgan fingerprint density at radius 2 is 1.29 bits per heavy atom. The van der Waals surface area contributed by atoms with Crippen molar-refractivity contribution in [2.75, 3.05) is 13.2 Å². The Morgan fingerprint density at radius 3 is 1.53 bits per heavy atom. The minimum Gasteiger partial charge on any atom is -0.396 e. The molecule has 0 fully saturated rings. The highest BCUT2D eigenvalue weighted by atomic mass is 16.7. The van der Waals surface area contributed by atoms with E-state index in [1.807, 2.05) is 13.8 Å². The van der Waals surface area contributed by atoms with Crippen molar-refractivity contribution in [1.29, 1.82) is 0 Å². The van der Waals surface area contributed by atoms with E-state index in [9.17, 15) is 5.11 Å². The predicted octanol–water partition coefficient (Wildman–Crippen LogP) is 2.98. The molecule has 0 saturated carbocycles. The first kappa shape index (κ1) is 16.9. The topological polar surface area (TPSA) is 29.5 Å². The molecular formula is C14H32NO2+. The maximum absolute atomic E-state index is 9.32. The summed E-state index contributed by atoms with van der Waals surface area (Å²) in [5.74, 6) is 0. The van der Waals surface area contributed by atoms with Crippen LogP contribution in [0.2, 0.25) is 0 Å². The molecule has 104 valence electrons. The van der Waals surface area contributed by atoms with Gasteiger partial charge in [0.05, 0.1) is 6.61 Å². The van der Waals surface area contributed by atoms with Crippen LogP contribution in [0, 0.1) is 5.41 Å². The van der Waals surface area contributed by atoms with Crippen LogP contribution in [0.4, 0.5) is 0 Å². The van der Waals surface area contributed by atoms with E-state index in [1.54, 1.807) is 0 Å². The second kappa shape index (κ2) is 6.17. The Hall–Kier alpha value is -0.120. The molecule has 0 saturated heterocycles. The number of hydroxylamine groups is 3. The molecule has 3 nitrogen and oxygen atoms in total. The van der Waals surface area contributed by atoms with E-state index >= 15 is 0 Å². The fourth-order valence-corrected chi connectivity index (χ4v) is 2.57. The number of nitrogens with zero attached hydrogens (tertiary/aromatic N) is 1. The molecule has 0 bridgehead atoms. The average Bonchev–Trinajstić information content (AvgIpc) is 2.16. The van der Waals surface area contributed by atoms with Crippen LogP contribution in [0.15, 0.2) is 0 Å². The molecule has 0 amide bonds. The number of quaternary nitrogens is 1. The van der Waals surface area contributed by atoms with Gasteiger partial charge in [0.25, 0.3) is 0 Å². The van der Waals surface area contributed by atoms with Gasteiger partial charge in [0.15, 0.2) is 0 Å². The van der Waals surface area contributed by atoms with Crippen molar-refractivity contribution in [2.45, 2.75) is 73.5 Å². The van der Waals surface area contributed by atoms with Crippen LogP contribution in [0.5, 0.6) is 0 Å². The summed E-state index contributed by atoms with van der Waals surface area (Å²) < 4.78 is 0.642. The molecule has 0 rings (SSSR count). The fraction of sp³-hybridized carbons (Fsp3) is 1.00. The van der Waals surface area contributed by atoms with Crippen molar-refractivity contribution in [3.63, 3.8) is 0 Å². The van der Waals surface area contributed by atoms with E-state index in [0.717, 1.165) is 0 Å². The average molecular weight is 246 g/mol. The maximum Gasteiger partial charge on any atom is 0.114 e. The van der Waals surface area contributed by atoms with Crippen molar-refractivity contribution in [1.82, 2.24) is 0 Å². The molecule has 3 heteroatoms. The van der Waals surface area contributed by atoms with Gasteiger partial charge >= 0.3 is 0 Å². The van der Waals surface area contributed by atoms with Crippen LogP contribution in [-0.4, -0.2) is 41.1 Å². The number of hydrogen-bond acceptors (Lipinski definition) is 2. The summed E-state index contributed by atoms with van der Waals surface area (Å²) in [7, 11) is 0. The first-order valence-corrected chi connectivity index (χ1v) is 6.73. The van der Waals surface area contributed by atoms with Crippen LogP contribution in [0.1, 0.15) is 55.4 Å². The summed E-state index contributed by atoms with van der Waals surface area (Å²) in [5.41, 5.74) is -0.178. The normalized spacial score (nSPS) is 14.1. The lowest BCUT2D eigenvalue weighted by Crippen LogP contribution is -2.62. The zero-order valence-corrected chi connectivity index (χ0v) is 12.9. The first-order valence-electron chi connectivity index (χ1n) is 6.73. The van der Waals surface area contributed by atoms with Gasteiger partial charge in [-0.3, -0.25) is 0 Å². The van der Waals surface area contributed by atoms with E-state index in [-0.39, 0.29) is 12.0 Å². The first-order chi connectivity index (χ1) is 7.60. The van der Waals surface area contributed by atoms with Gasteiger partial charge in [0.1, 0.15) is 24.7 Å². The molecule has 0 spiro atoms. The molecule has 0 aliphatic rings. The molecular weight excluding hydrogens is 214 g/mol. The third-order valence-corrected chi connectivity index (χ3v) is 3.53. The summed E-state index contributed by atoms with van der Waals surface area (Å²) in [4.78, 5) is 6.25. The quantitative estimate of drug-likeness (QED) is 0.553. The van der Waals surface area contributed by atoms with Crippen LogP contribution in [0.25, 0.3) is 0 Å². The number of rotatable bonds is 7. The minimum atomic E-state index is -0.178. The second-order valence-corrected chi connectivity index (χ2v) is 6.64. The summed E-state index contributed by atoms with van der Waals surface area (Å²) in [5, 5.41) is 9.32. The molecule has 0 aromatic carbocycles. The van der Waals surface area contributed by atoms with E-state index in [1.165, 1.54) is 0 Å². The smallest absolute Gasteiger partial charge is 0.114 e. The van der Waals surface area contributed by atoms with Crippen molar-refractivity contribution >= 4 is 0 Å². The van der Waals surface area contributed by atoms with Gasteiger partial charge in [-0.15, -0.1) is 0 Å². The Morgan fingerprint density at radius 1 is 0.941 bits per heavy atom. The SMILES string of the molecule is CC(C)[N+](OCC(C)(C)CO)(C(C)C)C(C)C. The molecule has 0 aliphatic carbocycles. The molecule has 0 unspecified atom stereocenters. The summed E-state index contributed by atoms with van der Waals surface area (Å²) >= 11 is 0. The molecule has 0 aromatic heterocycles. The van der Waals surface area contributed by atoms with Gasteiger partial charge < -0.3 is 5.11 Å². The summed E-state index contributed by atoms with van der Waals surface area (Å²) in [6.07, 6.45) is 0. The number of aliphatic hydroxyl groups is 1. The lowest BCUT2D eigenvalue weighted by molar-refractivity contribution is -1.15. The highest BCUT2D eigenvalue weighted by Crippen LogP contribution is 2.28. The van der Waals surface area contributed by atoms with Gasteiger partial charge in [-0.1, -0.05) is 13.8 Å². The minimum absolute atomic E-state index is 0.154. The van der Waals surface area contributed by atoms with E-state index in [0.29, 0.717) is 29.4 Å². The molecule has 1 N–H and O–H groups in total. The summed E-state index contributed by atoms with van der Waals surface area (Å²) in [6, 6.07) is 1.22. The van der Waals surface area contributed by atoms with Crippen LogP contribution in [-0.2, 0) is 4.84 Å². The van der Waals surface area contributed by atoms with Crippen molar-refractivity contribution in [3.8, 4) is 0 Å². The zero-order chi connectivity index (χ0) is 13.9. The van der Waals surface area contributed by atoms with Gasteiger partial charge in [-0.05, 0) is 41.5 Å². The third-order valence-electron chi connectivity index (χ3n) is 3.53. The lowest BCUT2D eigenvalue weighted by atomic mass is 9.97. The molecule has 0 aliphatic heterocycles. The van der Waals surface area contributed by atoms with Crippen molar-refractivity contribution in [2.24, 2.45) is 5.41 Å². The van der Waals surface area contributed by atoms with Crippen molar-refractivity contribution in [3.05, 3.63) is 0 Å². The van der Waals surface area contributed by atoms with E-state index < -0.39 is 0 Å². The van der Waals surface area contributed by atoms with Gasteiger partial charge in [-0.25, -0.2) is 4.84 Å². The molecule has 0 radical (unpaired) electrons. The fourth-order valence-electron chi connectivity index (χ4n) is 2.57. The van der Waals surface area contributed by atoms with E-state index in [2.05, 4.69) is 41.5 Å². The van der Waals surface area contributed by atoms with Crippen LogP contribution >= 0.6 is 0 Å². The van der Waals surface area contributed by atoms with Crippen LogP contribution < -0.4 is 0 Å². The molecule has 0 atom stereocenters. The monoisotopic (exact) mass is 246 g/mol. The Labute approximate surface area is 107 Å². The standard InChI is InChI=1S/C14H32NO2/c1-11(2)15(12(3)4,13(5)6)17-10-14(7,8)9-16/h11-13,16H,9-10H2,1-8H3/q+1.